The van der Waals surface area contributed by atoms with E-state index in [1.807, 2.05) is 42.5 Å². The molecule has 136 valence electrons. The summed E-state index contributed by atoms with van der Waals surface area (Å²) >= 11 is 0. The van der Waals surface area contributed by atoms with Crippen molar-refractivity contribution in [3.63, 3.8) is 0 Å². The number of carboxylic acid groups (broad SMARTS) is 1. The van der Waals surface area contributed by atoms with Crippen LogP contribution in [0.2, 0.25) is 0 Å². The fourth-order valence-corrected chi connectivity index (χ4v) is 3.04. The molecule has 0 amide bonds. The van der Waals surface area contributed by atoms with Gasteiger partial charge >= 0.3 is 5.97 Å². The molecular formula is C23H16N2O3. The highest BCUT2D eigenvalue weighted by atomic mass is 16.5. The lowest BCUT2D eigenvalue weighted by molar-refractivity contribution is 0.0697. The van der Waals surface area contributed by atoms with Gasteiger partial charge in [0.2, 0.25) is 0 Å². The molecule has 2 N–H and O–H groups in total. The van der Waals surface area contributed by atoms with Crippen LogP contribution in [0.25, 0.3) is 22.2 Å². The maximum absolute atomic E-state index is 11.8. The molecule has 0 atom stereocenters. The predicted octanol–water partition coefficient (Wildman–Crippen LogP) is 4.34. The van der Waals surface area contributed by atoms with Crippen molar-refractivity contribution in [2.24, 2.45) is 0 Å². The van der Waals surface area contributed by atoms with Crippen LogP contribution in [0.5, 0.6) is 5.75 Å². The Morgan fingerprint density at radius 1 is 1.11 bits per heavy atom. The van der Waals surface area contributed by atoms with Gasteiger partial charge in [-0.3, -0.25) is 0 Å². The molecule has 5 nitrogen and oxygen atoms in total. The van der Waals surface area contributed by atoms with Crippen molar-refractivity contribution in [1.29, 1.82) is 0 Å². The van der Waals surface area contributed by atoms with Gasteiger partial charge in [-0.05, 0) is 48.5 Å². The first-order valence-corrected chi connectivity index (χ1v) is 8.61. The third-order valence-corrected chi connectivity index (χ3v) is 4.42. The minimum Gasteiger partial charge on any atom is -0.497 e. The molecule has 4 rings (SSSR count). The number of aromatic nitrogens is 2. The van der Waals surface area contributed by atoms with Crippen LogP contribution in [-0.2, 0) is 0 Å². The van der Waals surface area contributed by atoms with Gasteiger partial charge in [0.25, 0.3) is 0 Å². The Kier molecular flexibility index (Phi) is 4.53. The fraction of sp³-hybridized carbons (Fsp3) is 0.0435. The Morgan fingerprint density at radius 3 is 2.68 bits per heavy atom. The van der Waals surface area contributed by atoms with E-state index in [9.17, 15) is 9.90 Å². The lowest BCUT2D eigenvalue weighted by Crippen LogP contribution is -2.01. The van der Waals surface area contributed by atoms with Gasteiger partial charge in [-0.15, -0.1) is 0 Å². The zero-order chi connectivity index (χ0) is 19.5. The molecule has 0 aliphatic carbocycles. The standard InChI is InChI=1S/C23H16N2O3/c1-28-19-9-6-15(7-10-19)5-8-16-3-2-4-20(23(26)27)21(16)18-13-17-11-12-24-22(17)25-14-18/h2-4,6-7,9-14H,1H3,(H,24,25)(H,26,27). The number of nitrogens with zero attached hydrogens (tertiary/aromatic N) is 1. The van der Waals surface area contributed by atoms with E-state index in [2.05, 4.69) is 21.8 Å². The third kappa shape index (κ3) is 3.31. The molecule has 0 unspecified atom stereocenters. The van der Waals surface area contributed by atoms with Gasteiger partial charge in [0.15, 0.2) is 0 Å². The quantitative estimate of drug-likeness (QED) is 0.528. The number of rotatable bonds is 3. The number of carboxylic acids is 1. The molecule has 0 bridgehead atoms. The molecule has 2 aromatic heterocycles. The molecule has 28 heavy (non-hydrogen) atoms. The van der Waals surface area contributed by atoms with Crippen LogP contribution < -0.4 is 4.74 Å². The lowest BCUT2D eigenvalue weighted by Gasteiger charge is -2.09. The number of benzene rings is 2. The number of methoxy groups -OCH3 is 1. The highest BCUT2D eigenvalue weighted by molar-refractivity contribution is 5.98. The summed E-state index contributed by atoms with van der Waals surface area (Å²) in [6.07, 6.45) is 3.47. The van der Waals surface area contributed by atoms with Crippen molar-refractivity contribution in [3.05, 3.63) is 83.7 Å². The summed E-state index contributed by atoms with van der Waals surface area (Å²) in [6.45, 7) is 0. The van der Waals surface area contributed by atoms with Crippen molar-refractivity contribution >= 4 is 17.0 Å². The second-order valence-electron chi connectivity index (χ2n) is 6.15. The number of pyridine rings is 1. The number of nitrogens with one attached hydrogen (secondary N) is 1. The molecule has 0 saturated carbocycles. The van der Waals surface area contributed by atoms with E-state index in [0.717, 1.165) is 22.3 Å². The molecule has 0 aliphatic rings. The topological polar surface area (TPSA) is 75.2 Å². The second kappa shape index (κ2) is 7.29. The molecule has 0 aliphatic heterocycles. The van der Waals surface area contributed by atoms with Crippen molar-refractivity contribution < 1.29 is 14.6 Å². The maximum atomic E-state index is 11.8. The van der Waals surface area contributed by atoms with E-state index < -0.39 is 5.97 Å². The zero-order valence-corrected chi connectivity index (χ0v) is 15.1. The summed E-state index contributed by atoms with van der Waals surface area (Å²) in [5.74, 6) is 5.96. The van der Waals surface area contributed by atoms with Crippen LogP contribution in [0.4, 0.5) is 0 Å². The summed E-state index contributed by atoms with van der Waals surface area (Å²) < 4.78 is 5.16. The van der Waals surface area contributed by atoms with Crippen molar-refractivity contribution in [1.82, 2.24) is 9.97 Å². The summed E-state index contributed by atoms with van der Waals surface area (Å²) in [7, 11) is 1.61. The normalized spacial score (nSPS) is 10.3. The Balaban J connectivity index is 1.84. The van der Waals surface area contributed by atoms with Crippen molar-refractivity contribution in [2.45, 2.75) is 0 Å². The van der Waals surface area contributed by atoms with Gasteiger partial charge in [0, 0.05) is 40.0 Å². The smallest absolute Gasteiger partial charge is 0.336 e. The van der Waals surface area contributed by atoms with E-state index in [1.165, 1.54) is 0 Å². The minimum atomic E-state index is -1.00. The minimum absolute atomic E-state index is 0.193. The Labute approximate surface area is 161 Å². The van der Waals surface area contributed by atoms with Crippen molar-refractivity contribution in [2.75, 3.05) is 7.11 Å². The number of aromatic amines is 1. The zero-order valence-electron chi connectivity index (χ0n) is 15.1. The summed E-state index contributed by atoms with van der Waals surface area (Å²) in [6, 6.07) is 16.3. The number of H-pyrrole nitrogens is 1. The largest absolute Gasteiger partial charge is 0.497 e. The first kappa shape index (κ1) is 17.4. The van der Waals surface area contributed by atoms with Crippen LogP contribution in [-0.4, -0.2) is 28.2 Å². The average molecular weight is 368 g/mol. The second-order valence-corrected chi connectivity index (χ2v) is 6.15. The fourth-order valence-electron chi connectivity index (χ4n) is 3.04. The Morgan fingerprint density at radius 2 is 1.93 bits per heavy atom. The first-order valence-electron chi connectivity index (χ1n) is 8.61. The number of carbonyl (C=O) groups is 1. The van der Waals surface area contributed by atoms with Crippen LogP contribution in [0.3, 0.4) is 0 Å². The summed E-state index contributed by atoms with van der Waals surface area (Å²) in [5, 5.41) is 10.6. The molecule has 2 aromatic carbocycles. The Bertz CT molecular complexity index is 1230. The number of ether oxygens (including phenoxy) is 1. The van der Waals surface area contributed by atoms with Crippen LogP contribution >= 0.6 is 0 Å². The summed E-state index contributed by atoms with van der Waals surface area (Å²) in [5.41, 5.74) is 3.66. The third-order valence-electron chi connectivity index (χ3n) is 4.42. The molecular weight excluding hydrogens is 352 g/mol. The molecule has 0 saturated heterocycles. The van der Waals surface area contributed by atoms with E-state index in [-0.39, 0.29) is 5.56 Å². The molecule has 4 aromatic rings. The highest BCUT2D eigenvalue weighted by Crippen LogP contribution is 2.29. The van der Waals surface area contributed by atoms with E-state index in [0.29, 0.717) is 16.7 Å². The lowest BCUT2D eigenvalue weighted by atomic mass is 9.95. The molecule has 0 spiro atoms. The van der Waals surface area contributed by atoms with Crippen LogP contribution in [0.1, 0.15) is 21.5 Å². The van der Waals surface area contributed by atoms with E-state index in [4.69, 9.17) is 4.74 Å². The number of fused-ring (bicyclic) bond motifs is 1. The molecule has 0 fully saturated rings. The van der Waals surface area contributed by atoms with E-state index in [1.54, 1.807) is 31.6 Å². The Hall–Kier alpha value is -4.04. The van der Waals surface area contributed by atoms with Crippen molar-refractivity contribution in [3.8, 4) is 28.7 Å². The maximum Gasteiger partial charge on any atom is 0.336 e. The van der Waals surface area contributed by atoms with Crippen LogP contribution in [0, 0.1) is 11.8 Å². The van der Waals surface area contributed by atoms with Gasteiger partial charge in [-0.25, -0.2) is 9.78 Å². The van der Waals surface area contributed by atoms with E-state index >= 15 is 0 Å². The average Bonchev–Trinajstić information content (AvgIpc) is 3.20. The number of hydrogen-bond acceptors (Lipinski definition) is 3. The first-order chi connectivity index (χ1) is 13.7. The molecule has 0 radical (unpaired) electrons. The number of aromatic carboxylic acids is 1. The highest BCUT2D eigenvalue weighted by Gasteiger charge is 2.16. The van der Waals surface area contributed by atoms with Gasteiger partial charge in [0.05, 0.1) is 12.7 Å². The van der Waals surface area contributed by atoms with Gasteiger partial charge in [-0.1, -0.05) is 17.9 Å². The monoisotopic (exact) mass is 368 g/mol. The van der Waals surface area contributed by atoms with Crippen LogP contribution in [0.15, 0.2) is 67.0 Å². The predicted molar refractivity (Wildman–Crippen MR) is 107 cm³/mol. The number of hydrogen-bond donors (Lipinski definition) is 2. The molecule has 5 heteroatoms. The summed E-state index contributed by atoms with van der Waals surface area (Å²) in [4.78, 5) is 19.2. The van der Waals surface area contributed by atoms with Gasteiger partial charge in [0.1, 0.15) is 11.4 Å². The van der Waals surface area contributed by atoms with Gasteiger partial charge in [-0.2, -0.15) is 0 Å². The molecule has 2 heterocycles. The SMILES string of the molecule is COc1ccc(C#Cc2cccc(C(=O)O)c2-c2cnc3[nH]ccc3c2)cc1. The van der Waals surface area contributed by atoms with Gasteiger partial charge < -0.3 is 14.8 Å².